The van der Waals surface area contributed by atoms with Crippen LogP contribution < -0.4 is 10.2 Å². The Morgan fingerprint density at radius 3 is 2.44 bits per heavy atom. The minimum absolute atomic E-state index is 1.00. The summed E-state index contributed by atoms with van der Waals surface area (Å²) < 4.78 is 0. The van der Waals surface area contributed by atoms with Crippen molar-refractivity contribution in [2.24, 2.45) is 0 Å². The Morgan fingerprint density at radius 2 is 1.81 bits per heavy atom. The molecule has 0 radical (unpaired) electrons. The molecule has 0 saturated carbocycles. The van der Waals surface area contributed by atoms with Crippen molar-refractivity contribution < 1.29 is 0 Å². The van der Waals surface area contributed by atoms with Crippen molar-refractivity contribution in [2.75, 3.05) is 23.9 Å². The van der Waals surface area contributed by atoms with Crippen LogP contribution in [0, 0.1) is 0 Å². The molecule has 1 fully saturated rings. The fourth-order valence-corrected chi connectivity index (χ4v) is 2.99. The molecule has 84 valence electrons. The van der Waals surface area contributed by atoms with E-state index in [9.17, 15) is 0 Å². The second kappa shape index (κ2) is 4.42. The smallest absolute Gasteiger partial charge is 0.0652 e. The maximum absolute atomic E-state index is 3.37. The molecule has 2 aliphatic rings. The number of anilines is 1. The highest BCUT2D eigenvalue weighted by molar-refractivity contribution is 8.02. The van der Waals surface area contributed by atoms with E-state index in [-0.39, 0.29) is 0 Å². The van der Waals surface area contributed by atoms with Crippen molar-refractivity contribution in [3.8, 4) is 0 Å². The lowest BCUT2D eigenvalue weighted by Crippen LogP contribution is -2.17. The topological polar surface area (TPSA) is 15.3 Å². The fraction of sp³-hybridized carbons (Fsp3) is 0.385. The second-order valence-electron chi connectivity index (χ2n) is 4.26. The predicted octanol–water partition coefficient (Wildman–Crippen LogP) is 2.88. The molecule has 16 heavy (non-hydrogen) atoms. The molecule has 1 saturated heterocycles. The van der Waals surface area contributed by atoms with Gasteiger partial charge in [-0.15, -0.1) is 11.8 Å². The molecule has 3 rings (SSSR count). The molecule has 0 spiro atoms. The first-order valence-electron chi connectivity index (χ1n) is 5.84. The second-order valence-corrected chi connectivity index (χ2v) is 5.12. The maximum atomic E-state index is 3.37. The zero-order chi connectivity index (χ0) is 10.8. The fourth-order valence-electron chi connectivity index (χ4n) is 2.28. The average Bonchev–Trinajstić information content (AvgIpc) is 3.03. The Labute approximate surface area is 101 Å². The van der Waals surface area contributed by atoms with Gasteiger partial charge in [0.1, 0.15) is 0 Å². The zero-order valence-corrected chi connectivity index (χ0v) is 10.1. The maximum Gasteiger partial charge on any atom is 0.0652 e. The quantitative estimate of drug-likeness (QED) is 0.844. The summed E-state index contributed by atoms with van der Waals surface area (Å²) >= 11 is 1.82. The summed E-state index contributed by atoms with van der Waals surface area (Å²) in [5.41, 5.74) is 3.93. The summed E-state index contributed by atoms with van der Waals surface area (Å²) in [7, 11) is 0. The first-order valence-corrected chi connectivity index (χ1v) is 6.89. The Morgan fingerprint density at radius 1 is 1.06 bits per heavy atom. The highest BCUT2D eigenvalue weighted by Crippen LogP contribution is 2.25. The van der Waals surface area contributed by atoms with E-state index in [0.29, 0.717) is 0 Å². The lowest BCUT2D eigenvalue weighted by Gasteiger charge is -2.17. The molecule has 0 bridgehead atoms. The number of hydrogen-bond acceptors (Lipinski definition) is 3. The van der Waals surface area contributed by atoms with E-state index in [0.717, 1.165) is 5.88 Å². The number of hydrogen-bond donors (Lipinski definition) is 1. The van der Waals surface area contributed by atoms with Gasteiger partial charge in [-0.2, -0.15) is 0 Å². The van der Waals surface area contributed by atoms with Crippen LogP contribution >= 0.6 is 11.8 Å². The predicted molar refractivity (Wildman–Crippen MR) is 71.5 cm³/mol. The summed E-state index contributed by atoms with van der Waals surface area (Å²) in [6.45, 7) is 2.44. The SMILES string of the molecule is C1=C(c2ccc(N3CCCC3)cc2)NCS1. The minimum atomic E-state index is 1.00. The van der Waals surface area contributed by atoms with Crippen LogP contribution in [0.4, 0.5) is 5.69 Å². The minimum Gasteiger partial charge on any atom is -0.375 e. The van der Waals surface area contributed by atoms with E-state index >= 15 is 0 Å². The third kappa shape index (κ3) is 1.92. The van der Waals surface area contributed by atoms with Crippen LogP contribution in [0.1, 0.15) is 18.4 Å². The van der Waals surface area contributed by atoms with Crippen molar-refractivity contribution in [2.45, 2.75) is 12.8 Å². The van der Waals surface area contributed by atoms with Gasteiger partial charge in [-0.1, -0.05) is 12.1 Å². The van der Waals surface area contributed by atoms with Gasteiger partial charge >= 0.3 is 0 Å². The van der Waals surface area contributed by atoms with Crippen LogP contribution in [-0.2, 0) is 0 Å². The van der Waals surface area contributed by atoms with E-state index in [1.165, 1.54) is 42.9 Å². The van der Waals surface area contributed by atoms with Gasteiger partial charge in [0.2, 0.25) is 0 Å². The molecule has 0 aliphatic carbocycles. The van der Waals surface area contributed by atoms with Crippen molar-refractivity contribution in [1.82, 2.24) is 5.32 Å². The third-order valence-corrected chi connectivity index (χ3v) is 3.91. The molecule has 2 nitrogen and oxygen atoms in total. The van der Waals surface area contributed by atoms with Crippen LogP contribution in [0.2, 0.25) is 0 Å². The Kier molecular flexibility index (Phi) is 2.79. The van der Waals surface area contributed by atoms with E-state index in [2.05, 4.69) is 39.9 Å². The van der Waals surface area contributed by atoms with Gasteiger partial charge in [-0.3, -0.25) is 0 Å². The van der Waals surface area contributed by atoms with Crippen LogP contribution in [0.3, 0.4) is 0 Å². The molecule has 3 heteroatoms. The van der Waals surface area contributed by atoms with Gasteiger partial charge in [0.05, 0.1) is 5.88 Å². The summed E-state index contributed by atoms with van der Waals surface area (Å²) in [6, 6.07) is 8.93. The lowest BCUT2D eigenvalue weighted by atomic mass is 10.1. The lowest BCUT2D eigenvalue weighted by molar-refractivity contribution is 0.949. The monoisotopic (exact) mass is 232 g/mol. The largest absolute Gasteiger partial charge is 0.375 e. The molecule has 0 aromatic heterocycles. The summed E-state index contributed by atoms with van der Waals surface area (Å²) in [6.07, 6.45) is 2.68. The van der Waals surface area contributed by atoms with Gasteiger partial charge in [0, 0.05) is 24.5 Å². The summed E-state index contributed by atoms with van der Waals surface area (Å²) in [4.78, 5) is 2.47. The van der Waals surface area contributed by atoms with Crippen LogP contribution in [-0.4, -0.2) is 19.0 Å². The van der Waals surface area contributed by atoms with Gasteiger partial charge in [0.15, 0.2) is 0 Å². The molecule has 1 aromatic rings. The highest BCUT2D eigenvalue weighted by atomic mass is 32.2. The van der Waals surface area contributed by atoms with E-state index < -0.39 is 0 Å². The van der Waals surface area contributed by atoms with Gasteiger partial charge in [-0.05, 0) is 35.9 Å². The Hall–Kier alpha value is -1.09. The van der Waals surface area contributed by atoms with Gasteiger partial charge in [-0.25, -0.2) is 0 Å². The van der Waals surface area contributed by atoms with Gasteiger partial charge in [0.25, 0.3) is 0 Å². The van der Waals surface area contributed by atoms with E-state index in [4.69, 9.17) is 0 Å². The van der Waals surface area contributed by atoms with Crippen molar-refractivity contribution >= 4 is 23.1 Å². The van der Waals surface area contributed by atoms with E-state index in [1.54, 1.807) is 0 Å². The Balaban J connectivity index is 1.78. The first-order chi connectivity index (χ1) is 7.93. The molecule has 2 aliphatic heterocycles. The number of rotatable bonds is 2. The molecule has 1 aromatic carbocycles. The normalized spacial score (nSPS) is 19.8. The number of thioether (sulfide) groups is 1. The molecule has 0 atom stereocenters. The molecule has 2 heterocycles. The number of nitrogens with zero attached hydrogens (tertiary/aromatic N) is 1. The first kappa shape index (κ1) is 10.1. The molecular formula is C13H16N2S. The zero-order valence-electron chi connectivity index (χ0n) is 9.28. The standard InChI is InChI=1S/C13H16N2S/c1-2-8-15(7-1)12-5-3-11(4-6-12)13-9-16-10-14-13/h3-6,9,14H,1-2,7-8,10H2. The number of nitrogens with one attached hydrogen (secondary N) is 1. The van der Waals surface area contributed by atoms with Gasteiger partial charge < -0.3 is 10.2 Å². The third-order valence-electron chi connectivity index (χ3n) is 3.20. The molecule has 1 N–H and O–H groups in total. The van der Waals surface area contributed by atoms with Crippen LogP contribution in [0.25, 0.3) is 5.70 Å². The van der Waals surface area contributed by atoms with Crippen molar-refractivity contribution in [1.29, 1.82) is 0 Å². The highest BCUT2D eigenvalue weighted by Gasteiger charge is 2.12. The van der Waals surface area contributed by atoms with Crippen molar-refractivity contribution in [3.05, 3.63) is 35.2 Å². The van der Waals surface area contributed by atoms with E-state index in [1.807, 2.05) is 11.8 Å². The van der Waals surface area contributed by atoms with Crippen molar-refractivity contribution in [3.63, 3.8) is 0 Å². The molecule has 0 amide bonds. The number of benzene rings is 1. The van der Waals surface area contributed by atoms with Crippen LogP contribution in [0.15, 0.2) is 29.7 Å². The summed E-state index contributed by atoms with van der Waals surface area (Å²) in [5, 5.41) is 5.57. The Bertz CT molecular complexity index is 391. The van der Waals surface area contributed by atoms with Crippen LogP contribution in [0.5, 0.6) is 0 Å². The average molecular weight is 232 g/mol. The molecular weight excluding hydrogens is 216 g/mol. The molecule has 0 unspecified atom stereocenters. The summed E-state index contributed by atoms with van der Waals surface area (Å²) in [5.74, 6) is 1.00.